The first-order valence-corrected chi connectivity index (χ1v) is 8.83. The van der Waals surface area contributed by atoms with E-state index in [1.54, 1.807) is 6.92 Å². The molecule has 2 fully saturated rings. The molecule has 1 aliphatic heterocycles. The number of carbonyl (C=O) groups is 2. The number of Topliss-reactive ketones (excluding diaryl/α,β-unsaturated/α-hetero) is 1. The topological polar surface area (TPSA) is 49.4 Å². The van der Waals surface area contributed by atoms with Gasteiger partial charge in [0.15, 0.2) is 0 Å². The molecule has 0 aromatic heterocycles. The molecular formula is C18H32N2O2. The number of nitrogens with one attached hydrogen (secondary N) is 1. The SMILES string of the molecule is CC(=O)C1CCC(C(=O)N2CCC(NC(C)(C)C)CC2)CC1. The molecule has 1 saturated carbocycles. The molecule has 126 valence electrons. The molecule has 1 N–H and O–H groups in total. The Morgan fingerprint density at radius 3 is 1.86 bits per heavy atom. The second kappa shape index (κ2) is 7.12. The van der Waals surface area contributed by atoms with E-state index in [4.69, 9.17) is 0 Å². The van der Waals surface area contributed by atoms with E-state index in [2.05, 4.69) is 31.0 Å². The summed E-state index contributed by atoms with van der Waals surface area (Å²) >= 11 is 0. The molecule has 4 heteroatoms. The Morgan fingerprint density at radius 2 is 1.41 bits per heavy atom. The van der Waals surface area contributed by atoms with Crippen molar-refractivity contribution >= 4 is 11.7 Å². The molecule has 4 nitrogen and oxygen atoms in total. The fourth-order valence-corrected chi connectivity index (χ4v) is 3.86. The first-order chi connectivity index (χ1) is 10.3. The van der Waals surface area contributed by atoms with Crippen LogP contribution in [0, 0.1) is 11.8 Å². The number of likely N-dealkylation sites (tertiary alicyclic amines) is 1. The van der Waals surface area contributed by atoms with Crippen LogP contribution in [0.2, 0.25) is 0 Å². The summed E-state index contributed by atoms with van der Waals surface area (Å²) in [6, 6.07) is 0.525. The molecule has 0 radical (unpaired) electrons. The average molecular weight is 308 g/mol. The predicted octanol–water partition coefficient (Wildman–Crippen LogP) is 2.76. The van der Waals surface area contributed by atoms with Crippen LogP contribution in [0.4, 0.5) is 0 Å². The number of ketones is 1. The minimum absolute atomic E-state index is 0.141. The van der Waals surface area contributed by atoms with Crippen molar-refractivity contribution in [3.63, 3.8) is 0 Å². The van der Waals surface area contributed by atoms with Gasteiger partial charge in [-0.3, -0.25) is 9.59 Å². The van der Waals surface area contributed by atoms with Crippen molar-refractivity contribution in [2.45, 2.75) is 77.8 Å². The van der Waals surface area contributed by atoms with Gasteiger partial charge in [0.25, 0.3) is 0 Å². The molecular weight excluding hydrogens is 276 g/mol. The van der Waals surface area contributed by atoms with E-state index < -0.39 is 0 Å². The molecule has 2 rings (SSSR count). The van der Waals surface area contributed by atoms with Crippen molar-refractivity contribution < 1.29 is 9.59 Å². The Bertz CT molecular complexity index is 398. The fourth-order valence-electron chi connectivity index (χ4n) is 3.86. The van der Waals surface area contributed by atoms with Gasteiger partial charge in [-0.1, -0.05) is 0 Å². The van der Waals surface area contributed by atoms with Gasteiger partial charge in [-0.2, -0.15) is 0 Å². The standard InChI is InChI=1S/C18H32N2O2/c1-13(21)14-5-7-15(8-6-14)17(22)20-11-9-16(10-12-20)19-18(2,3)4/h14-16,19H,5-12H2,1-4H3. The van der Waals surface area contributed by atoms with Gasteiger partial charge < -0.3 is 10.2 Å². The summed E-state index contributed by atoms with van der Waals surface area (Å²) < 4.78 is 0. The lowest BCUT2D eigenvalue weighted by atomic mass is 9.79. The molecule has 0 bridgehead atoms. The highest BCUT2D eigenvalue weighted by atomic mass is 16.2. The number of carbonyl (C=O) groups excluding carboxylic acids is 2. The predicted molar refractivity (Wildman–Crippen MR) is 88.6 cm³/mol. The molecule has 1 saturated heterocycles. The number of hydrogen-bond acceptors (Lipinski definition) is 3. The van der Waals surface area contributed by atoms with Crippen molar-refractivity contribution in [1.82, 2.24) is 10.2 Å². The van der Waals surface area contributed by atoms with Crippen LogP contribution in [0.3, 0.4) is 0 Å². The Morgan fingerprint density at radius 1 is 0.909 bits per heavy atom. The summed E-state index contributed by atoms with van der Waals surface area (Å²) in [4.78, 5) is 26.1. The highest BCUT2D eigenvalue weighted by Crippen LogP contribution is 2.31. The smallest absolute Gasteiger partial charge is 0.225 e. The van der Waals surface area contributed by atoms with E-state index >= 15 is 0 Å². The highest BCUT2D eigenvalue weighted by Gasteiger charge is 2.33. The number of nitrogens with zero attached hydrogens (tertiary/aromatic N) is 1. The third-order valence-corrected chi connectivity index (χ3v) is 5.10. The Balaban J connectivity index is 1.77. The zero-order valence-corrected chi connectivity index (χ0v) is 14.7. The van der Waals surface area contributed by atoms with Crippen LogP contribution in [0.25, 0.3) is 0 Å². The van der Waals surface area contributed by atoms with E-state index in [0.717, 1.165) is 51.6 Å². The van der Waals surface area contributed by atoms with E-state index in [1.807, 2.05) is 0 Å². The van der Waals surface area contributed by atoms with E-state index in [1.165, 1.54) is 0 Å². The number of amides is 1. The van der Waals surface area contributed by atoms with Gasteiger partial charge in [-0.05, 0) is 66.2 Å². The van der Waals surface area contributed by atoms with E-state index in [-0.39, 0.29) is 17.4 Å². The molecule has 2 aliphatic rings. The molecule has 22 heavy (non-hydrogen) atoms. The maximum Gasteiger partial charge on any atom is 0.225 e. The molecule has 1 aliphatic carbocycles. The Kier molecular flexibility index (Phi) is 5.65. The summed E-state index contributed by atoms with van der Waals surface area (Å²) in [5.41, 5.74) is 0.141. The van der Waals surface area contributed by atoms with Gasteiger partial charge >= 0.3 is 0 Å². The largest absolute Gasteiger partial charge is 0.342 e. The van der Waals surface area contributed by atoms with E-state index in [9.17, 15) is 9.59 Å². The lowest BCUT2D eigenvalue weighted by molar-refractivity contribution is -0.139. The zero-order chi connectivity index (χ0) is 16.3. The van der Waals surface area contributed by atoms with Crippen LogP contribution in [0.15, 0.2) is 0 Å². The minimum Gasteiger partial charge on any atom is -0.342 e. The van der Waals surface area contributed by atoms with Crippen molar-refractivity contribution in [1.29, 1.82) is 0 Å². The maximum atomic E-state index is 12.6. The van der Waals surface area contributed by atoms with Crippen molar-refractivity contribution in [2.24, 2.45) is 11.8 Å². The molecule has 1 amide bonds. The normalized spacial score (nSPS) is 27.7. The van der Waals surface area contributed by atoms with Crippen LogP contribution >= 0.6 is 0 Å². The van der Waals surface area contributed by atoms with Crippen molar-refractivity contribution in [2.75, 3.05) is 13.1 Å². The second-order valence-electron chi connectivity index (χ2n) is 8.15. The van der Waals surface area contributed by atoms with Gasteiger partial charge in [0, 0.05) is 36.5 Å². The van der Waals surface area contributed by atoms with Gasteiger partial charge in [0.05, 0.1) is 0 Å². The minimum atomic E-state index is 0.141. The molecule has 0 unspecified atom stereocenters. The molecule has 0 atom stereocenters. The number of rotatable bonds is 3. The number of hydrogen-bond donors (Lipinski definition) is 1. The molecule has 0 spiro atoms. The lowest BCUT2D eigenvalue weighted by Gasteiger charge is -2.38. The van der Waals surface area contributed by atoms with Gasteiger partial charge in [-0.15, -0.1) is 0 Å². The summed E-state index contributed by atoms with van der Waals surface area (Å²) in [7, 11) is 0. The Labute approximate surface area is 135 Å². The number of piperidine rings is 1. The maximum absolute atomic E-state index is 12.6. The third-order valence-electron chi connectivity index (χ3n) is 5.10. The fraction of sp³-hybridized carbons (Fsp3) is 0.889. The van der Waals surface area contributed by atoms with Crippen molar-refractivity contribution in [3.05, 3.63) is 0 Å². The molecule has 0 aromatic carbocycles. The molecule has 0 aromatic rings. The third kappa shape index (κ3) is 4.80. The molecule has 1 heterocycles. The summed E-state index contributed by atoms with van der Waals surface area (Å²) in [5, 5.41) is 3.64. The van der Waals surface area contributed by atoms with Gasteiger partial charge in [0.2, 0.25) is 5.91 Å². The first kappa shape index (κ1) is 17.5. The van der Waals surface area contributed by atoms with Crippen LogP contribution in [0.5, 0.6) is 0 Å². The second-order valence-corrected chi connectivity index (χ2v) is 8.15. The summed E-state index contributed by atoms with van der Waals surface area (Å²) in [6.45, 7) is 10.0. The summed E-state index contributed by atoms with van der Waals surface area (Å²) in [6.07, 6.45) is 5.67. The summed E-state index contributed by atoms with van der Waals surface area (Å²) in [5.74, 6) is 0.977. The first-order valence-electron chi connectivity index (χ1n) is 8.83. The van der Waals surface area contributed by atoms with Crippen LogP contribution in [-0.4, -0.2) is 41.3 Å². The zero-order valence-electron chi connectivity index (χ0n) is 14.7. The van der Waals surface area contributed by atoms with Gasteiger partial charge in [0.1, 0.15) is 5.78 Å². The van der Waals surface area contributed by atoms with Crippen LogP contribution in [-0.2, 0) is 9.59 Å². The monoisotopic (exact) mass is 308 g/mol. The van der Waals surface area contributed by atoms with Gasteiger partial charge in [-0.25, -0.2) is 0 Å². The quantitative estimate of drug-likeness (QED) is 0.872. The Hall–Kier alpha value is -0.900. The lowest BCUT2D eigenvalue weighted by Crippen LogP contribution is -2.51. The van der Waals surface area contributed by atoms with Crippen molar-refractivity contribution in [3.8, 4) is 0 Å². The van der Waals surface area contributed by atoms with Crippen LogP contribution in [0.1, 0.15) is 66.2 Å². The average Bonchev–Trinajstić information content (AvgIpc) is 2.46. The van der Waals surface area contributed by atoms with Crippen LogP contribution < -0.4 is 5.32 Å². The van der Waals surface area contributed by atoms with E-state index in [0.29, 0.717) is 17.7 Å². The highest BCUT2D eigenvalue weighted by molar-refractivity contribution is 5.81.